The van der Waals surface area contributed by atoms with Crippen LogP contribution in [-0.4, -0.2) is 28.8 Å². The number of aromatic amines is 1. The van der Waals surface area contributed by atoms with Gasteiger partial charge in [0.05, 0.1) is 5.75 Å². The van der Waals surface area contributed by atoms with Gasteiger partial charge in [0.25, 0.3) is 5.56 Å². The predicted octanol–water partition coefficient (Wildman–Crippen LogP) is -2.33. The summed E-state index contributed by atoms with van der Waals surface area (Å²) in [7, 11) is -3.86. The van der Waals surface area contributed by atoms with Crippen molar-refractivity contribution >= 4 is 10.0 Å². The molecule has 0 bridgehead atoms. The molecule has 0 aliphatic carbocycles. The van der Waals surface area contributed by atoms with Gasteiger partial charge in [-0.3, -0.25) is 14.3 Å². The van der Waals surface area contributed by atoms with E-state index in [1.807, 2.05) is 0 Å². The lowest BCUT2D eigenvalue weighted by Crippen LogP contribution is -2.34. The minimum atomic E-state index is -3.86. The molecule has 0 aromatic carbocycles. The summed E-state index contributed by atoms with van der Waals surface area (Å²) < 4.78 is 34.4. The molecular weight excluding hydrogens is 245 g/mol. The maximum atomic E-state index is 12.9. The number of hydrogen-bond donors (Lipinski definition) is 3. The van der Waals surface area contributed by atoms with Gasteiger partial charge in [-0.25, -0.2) is 18.4 Å². The molecule has 0 amide bonds. The van der Waals surface area contributed by atoms with E-state index >= 15 is 0 Å². The molecule has 0 radical (unpaired) electrons. The van der Waals surface area contributed by atoms with Gasteiger partial charge in [0.15, 0.2) is 0 Å². The highest BCUT2D eigenvalue weighted by molar-refractivity contribution is 7.89. The number of sulfonamides is 1. The van der Waals surface area contributed by atoms with Gasteiger partial charge in [-0.1, -0.05) is 0 Å². The Balaban J connectivity index is 3.21. The molecule has 1 aromatic rings. The molecule has 16 heavy (non-hydrogen) atoms. The second-order valence-electron chi connectivity index (χ2n) is 2.92. The third-order valence-corrected chi connectivity index (χ3v) is 2.47. The van der Waals surface area contributed by atoms with Crippen molar-refractivity contribution in [1.82, 2.24) is 9.55 Å². The molecule has 1 heterocycles. The molecule has 90 valence electrons. The van der Waals surface area contributed by atoms with E-state index < -0.39 is 45.3 Å². The van der Waals surface area contributed by atoms with Gasteiger partial charge in [0.2, 0.25) is 21.7 Å². The summed E-state index contributed by atoms with van der Waals surface area (Å²) in [4.78, 5) is 23.3. The second kappa shape index (κ2) is 4.06. The van der Waals surface area contributed by atoms with E-state index in [2.05, 4.69) is 5.14 Å². The summed E-state index contributed by atoms with van der Waals surface area (Å²) in [6.45, 7) is -0.558. The van der Waals surface area contributed by atoms with Crippen LogP contribution in [-0.2, 0) is 16.6 Å². The summed E-state index contributed by atoms with van der Waals surface area (Å²) in [6.07, 6.45) is 0. The number of rotatable bonds is 3. The average molecular weight is 253 g/mol. The molecule has 0 spiro atoms. The number of aromatic hydroxyl groups is 1. The zero-order chi connectivity index (χ0) is 12.5. The van der Waals surface area contributed by atoms with Gasteiger partial charge in [-0.15, -0.1) is 0 Å². The normalized spacial score (nSPS) is 11.6. The average Bonchev–Trinajstić information content (AvgIpc) is 2.12. The fourth-order valence-corrected chi connectivity index (χ4v) is 1.40. The molecular formula is C6H8FN3O5S. The number of primary sulfonamides is 1. The first-order valence-electron chi connectivity index (χ1n) is 3.94. The van der Waals surface area contributed by atoms with Gasteiger partial charge in [0.1, 0.15) is 0 Å². The molecule has 0 unspecified atom stereocenters. The van der Waals surface area contributed by atoms with Crippen LogP contribution in [0, 0.1) is 5.82 Å². The van der Waals surface area contributed by atoms with Crippen LogP contribution in [0.2, 0.25) is 0 Å². The molecule has 0 aliphatic rings. The highest BCUT2D eigenvalue weighted by atomic mass is 32.2. The van der Waals surface area contributed by atoms with Crippen LogP contribution >= 0.6 is 0 Å². The Morgan fingerprint density at radius 1 is 1.44 bits per heavy atom. The van der Waals surface area contributed by atoms with Crippen LogP contribution in [0.15, 0.2) is 9.59 Å². The maximum absolute atomic E-state index is 12.9. The van der Waals surface area contributed by atoms with Crippen molar-refractivity contribution in [2.45, 2.75) is 6.54 Å². The van der Waals surface area contributed by atoms with E-state index in [1.54, 1.807) is 4.98 Å². The molecule has 1 aromatic heterocycles. The molecule has 0 saturated carbocycles. The Morgan fingerprint density at radius 2 is 2.00 bits per heavy atom. The van der Waals surface area contributed by atoms with Crippen LogP contribution in [0.1, 0.15) is 0 Å². The topological polar surface area (TPSA) is 135 Å². The number of nitrogens with one attached hydrogen (secondary N) is 1. The third-order valence-electron chi connectivity index (χ3n) is 1.72. The third kappa shape index (κ3) is 2.67. The molecule has 4 N–H and O–H groups in total. The van der Waals surface area contributed by atoms with Crippen LogP contribution in [0.4, 0.5) is 4.39 Å². The Labute approximate surface area is 88.2 Å². The van der Waals surface area contributed by atoms with Crippen LogP contribution in [0.25, 0.3) is 0 Å². The number of hydrogen-bond acceptors (Lipinski definition) is 5. The quantitative estimate of drug-likeness (QED) is 0.555. The van der Waals surface area contributed by atoms with Crippen molar-refractivity contribution in [1.29, 1.82) is 0 Å². The minimum absolute atomic E-state index is 0.362. The van der Waals surface area contributed by atoms with Crippen LogP contribution in [0.3, 0.4) is 0 Å². The first kappa shape index (κ1) is 12.4. The van der Waals surface area contributed by atoms with E-state index in [0.717, 1.165) is 0 Å². The van der Waals surface area contributed by atoms with E-state index in [1.165, 1.54) is 0 Å². The van der Waals surface area contributed by atoms with Gasteiger partial charge in [-0.2, -0.15) is 4.39 Å². The standard InChI is InChI=1S/C6H8FN3O5S/c7-3-4(11)9-6(13)10(5(3)12)1-2-16(8,14)15/h12H,1-2H2,(H2,8,14,15)(H,9,11,13). The first-order valence-corrected chi connectivity index (χ1v) is 5.66. The highest BCUT2D eigenvalue weighted by Gasteiger charge is 2.14. The van der Waals surface area contributed by atoms with Crippen molar-refractivity contribution in [3.8, 4) is 5.88 Å². The molecule has 0 atom stereocenters. The van der Waals surface area contributed by atoms with E-state index in [-0.39, 0.29) is 0 Å². The summed E-state index contributed by atoms with van der Waals surface area (Å²) in [6, 6.07) is 0. The number of halogens is 1. The predicted molar refractivity (Wildman–Crippen MR) is 50.9 cm³/mol. The van der Waals surface area contributed by atoms with Crippen molar-refractivity contribution in [3.63, 3.8) is 0 Å². The van der Waals surface area contributed by atoms with Gasteiger partial charge in [-0.05, 0) is 0 Å². The smallest absolute Gasteiger partial charge is 0.331 e. The van der Waals surface area contributed by atoms with Crippen molar-refractivity contribution in [2.75, 3.05) is 5.75 Å². The van der Waals surface area contributed by atoms with E-state index in [4.69, 9.17) is 5.11 Å². The van der Waals surface area contributed by atoms with Crippen molar-refractivity contribution in [2.24, 2.45) is 5.14 Å². The molecule has 0 fully saturated rings. The lowest BCUT2D eigenvalue weighted by atomic mass is 10.5. The van der Waals surface area contributed by atoms with Crippen LogP contribution in [0.5, 0.6) is 5.88 Å². The Hall–Kier alpha value is -1.68. The Kier molecular flexibility index (Phi) is 3.14. The summed E-state index contributed by atoms with van der Waals surface area (Å²) >= 11 is 0. The maximum Gasteiger partial charge on any atom is 0.331 e. The summed E-state index contributed by atoms with van der Waals surface area (Å²) in [5, 5.41) is 13.7. The first-order chi connectivity index (χ1) is 7.22. The SMILES string of the molecule is NS(=O)(=O)CCn1c(O)c(F)c(=O)[nH]c1=O. The number of aromatic nitrogens is 2. The van der Waals surface area contributed by atoms with Crippen molar-refractivity contribution in [3.05, 3.63) is 26.7 Å². The van der Waals surface area contributed by atoms with Crippen LogP contribution < -0.4 is 16.4 Å². The lowest BCUT2D eigenvalue weighted by molar-refractivity contribution is 0.364. The Morgan fingerprint density at radius 3 is 2.50 bits per heavy atom. The Bertz CT molecular complexity index is 616. The number of H-pyrrole nitrogens is 1. The fourth-order valence-electron chi connectivity index (χ4n) is 0.962. The molecule has 8 nitrogen and oxygen atoms in total. The zero-order valence-electron chi connectivity index (χ0n) is 7.81. The molecule has 0 aliphatic heterocycles. The monoisotopic (exact) mass is 253 g/mol. The van der Waals surface area contributed by atoms with Gasteiger partial charge < -0.3 is 5.11 Å². The van der Waals surface area contributed by atoms with E-state index in [0.29, 0.717) is 4.57 Å². The zero-order valence-corrected chi connectivity index (χ0v) is 8.62. The molecule has 10 heteroatoms. The highest BCUT2D eigenvalue weighted by Crippen LogP contribution is 2.06. The fraction of sp³-hybridized carbons (Fsp3) is 0.333. The molecule has 1 rings (SSSR count). The van der Waals surface area contributed by atoms with E-state index in [9.17, 15) is 22.4 Å². The lowest BCUT2D eigenvalue weighted by Gasteiger charge is -2.06. The summed E-state index contributed by atoms with van der Waals surface area (Å²) in [5.74, 6) is -3.46. The van der Waals surface area contributed by atoms with Crippen molar-refractivity contribution < 1.29 is 17.9 Å². The van der Waals surface area contributed by atoms with Gasteiger partial charge >= 0.3 is 5.69 Å². The van der Waals surface area contributed by atoms with Gasteiger partial charge in [0, 0.05) is 6.54 Å². The number of nitrogens with zero attached hydrogens (tertiary/aromatic N) is 1. The minimum Gasteiger partial charge on any atom is -0.492 e. The summed E-state index contributed by atoms with van der Waals surface area (Å²) in [5.41, 5.74) is -2.50. The number of nitrogens with two attached hydrogens (primary N) is 1. The largest absolute Gasteiger partial charge is 0.492 e. The second-order valence-corrected chi connectivity index (χ2v) is 4.65. The molecule has 0 saturated heterocycles.